The molecule has 0 radical (unpaired) electrons. The van der Waals surface area contributed by atoms with E-state index in [1.165, 1.54) is 30.7 Å². The predicted octanol–water partition coefficient (Wildman–Crippen LogP) is 2.78. The summed E-state index contributed by atoms with van der Waals surface area (Å²) >= 11 is 0. The van der Waals surface area contributed by atoms with Crippen LogP contribution in [-0.4, -0.2) is 22.0 Å². The Bertz CT molecular complexity index is 821. The maximum Gasteiger partial charge on any atom is 0.335 e. The number of carboxylic acids is 1. The molecular formula is C15H10N2O4. The minimum Gasteiger partial charge on any atom is -0.478 e. The second kappa shape index (κ2) is 5.09. The van der Waals surface area contributed by atoms with Gasteiger partial charge in [0.2, 0.25) is 0 Å². The van der Waals surface area contributed by atoms with Crippen LogP contribution in [0.25, 0.3) is 11.1 Å². The van der Waals surface area contributed by atoms with E-state index in [2.05, 4.69) is 10.3 Å². The van der Waals surface area contributed by atoms with Gasteiger partial charge in [-0.2, -0.15) is 0 Å². The number of aromatic carboxylic acids is 1. The zero-order valence-corrected chi connectivity index (χ0v) is 10.7. The van der Waals surface area contributed by atoms with Gasteiger partial charge in [0.05, 0.1) is 5.56 Å². The number of carbonyl (C=O) groups excluding carboxylic acids is 1. The summed E-state index contributed by atoms with van der Waals surface area (Å²) in [6, 6.07) is 10.9. The average Bonchev–Trinajstić information content (AvgIpc) is 2.95. The molecule has 104 valence electrons. The smallest absolute Gasteiger partial charge is 0.335 e. The third kappa shape index (κ3) is 2.59. The highest BCUT2D eigenvalue weighted by atomic mass is 16.4. The lowest BCUT2D eigenvalue weighted by Gasteiger charge is -2.05. The fraction of sp³-hybridized carbons (Fsp3) is 0. The zero-order chi connectivity index (χ0) is 14.8. The maximum atomic E-state index is 12.1. The third-order valence-corrected chi connectivity index (χ3v) is 2.98. The predicted molar refractivity (Wildman–Crippen MR) is 75.4 cm³/mol. The van der Waals surface area contributed by atoms with Gasteiger partial charge in [-0.05, 0) is 42.5 Å². The fourth-order valence-electron chi connectivity index (χ4n) is 1.90. The Labute approximate surface area is 119 Å². The van der Waals surface area contributed by atoms with Crippen LogP contribution >= 0.6 is 0 Å². The van der Waals surface area contributed by atoms with E-state index in [9.17, 15) is 9.59 Å². The van der Waals surface area contributed by atoms with Crippen molar-refractivity contribution < 1.29 is 19.1 Å². The lowest BCUT2D eigenvalue weighted by atomic mass is 10.1. The minimum absolute atomic E-state index is 0.164. The summed E-state index contributed by atoms with van der Waals surface area (Å²) in [6.45, 7) is 0. The Morgan fingerprint density at radius 1 is 1.05 bits per heavy atom. The molecule has 1 aromatic heterocycles. The van der Waals surface area contributed by atoms with Gasteiger partial charge in [0, 0.05) is 11.3 Å². The largest absolute Gasteiger partial charge is 0.478 e. The van der Waals surface area contributed by atoms with Crippen molar-refractivity contribution in [1.29, 1.82) is 0 Å². The number of aromatic nitrogens is 1. The molecule has 0 fully saturated rings. The number of hydrogen-bond donors (Lipinski definition) is 2. The van der Waals surface area contributed by atoms with Gasteiger partial charge in [0.15, 0.2) is 12.0 Å². The van der Waals surface area contributed by atoms with Crippen LogP contribution in [0, 0.1) is 0 Å². The molecule has 0 aliphatic heterocycles. The Morgan fingerprint density at radius 3 is 2.48 bits per heavy atom. The van der Waals surface area contributed by atoms with Crippen LogP contribution in [-0.2, 0) is 0 Å². The van der Waals surface area contributed by atoms with Crippen molar-refractivity contribution in [2.45, 2.75) is 0 Å². The summed E-state index contributed by atoms with van der Waals surface area (Å²) in [5.41, 5.74) is 2.34. The van der Waals surface area contributed by atoms with Crippen LogP contribution in [0.3, 0.4) is 0 Å². The molecule has 3 rings (SSSR count). The van der Waals surface area contributed by atoms with Gasteiger partial charge in [0.1, 0.15) is 5.52 Å². The van der Waals surface area contributed by atoms with E-state index < -0.39 is 5.97 Å². The first kappa shape index (κ1) is 12.9. The van der Waals surface area contributed by atoms with Crippen molar-refractivity contribution in [2.75, 3.05) is 5.32 Å². The summed E-state index contributed by atoms with van der Waals surface area (Å²) in [4.78, 5) is 26.9. The molecule has 6 heteroatoms. The Hall–Kier alpha value is -3.15. The molecule has 1 heterocycles. The van der Waals surface area contributed by atoms with Gasteiger partial charge in [-0.1, -0.05) is 0 Å². The van der Waals surface area contributed by atoms with E-state index in [0.29, 0.717) is 22.4 Å². The lowest BCUT2D eigenvalue weighted by molar-refractivity contribution is 0.0696. The van der Waals surface area contributed by atoms with E-state index in [-0.39, 0.29) is 11.5 Å². The number of nitrogens with one attached hydrogen (secondary N) is 1. The van der Waals surface area contributed by atoms with Crippen molar-refractivity contribution >= 4 is 28.7 Å². The first-order chi connectivity index (χ1) is 10.1. The number of benzene rings is 2. The van der Waals surface area contributed by atoms with Crippen molar-refractivity contribution in [3.63, 3.8) is 0 Å². The van der Waals surface area contributed by atoms with E-state index in [1.807, 2.05) is 0 Å². The van der Waals surface area contributed by atoms with E-state index in [0.717, 1.165) is 0 Å². The summed E-state index contributed by atoms with van der Waals surface area (Å²) in [6.07, 6.45) is 1.32. The molecule has 0 aliphatic carbocycles. The number of carboxylic acid groups (broad SMARTS) is 1. The summed E-state index contributed by atoms with van der Waals surface area (Å²) in [5, 5.41) is 11.5. The SMILES string of the molecule is O=C(O)c1ccc(NC(=O)c2ccc3ocnc3c2)cc1. The highest BCUT2D eigenvalue weighted by Gasteiger charge is 2.09. The number of carbonyl (C=O) groups is 2. The molecule has 0 unspecified atom stereocenters. The monoisotopic (exact) mass is 282 g/mol. The Morgan fingerprint density at radius 2 is 1.76 bits per heavy atom. The van der Waals surface area contributed by atoms with Crippen molar-refractivity contribution in [2.24, 2.45) is 0 Å². The van der Waals surface area contributed by atoms with Crippen molar-refractivity contribution in [1.82, 2.24) is 4.98 Å². The molecule has 0 spiro atoms. The number of amides is 1. The molecule has 0 atom stereocenters. The third-order valence-electron chi connectivity index (χ3n) is 2.98. The van der Waals surface area contributed by atoms with E-state index in [4.69, 9.17) is 9.52 Å². The van der Waals surface area contributed by atoms with Crippen LogP contribution < -0.4 is 5.32 Å². The summed E-state index contributed by atoms with van der Waals surface area (Å²) in [7, 11) is 0. The average molecular weight is 282 g/mol. The summed E-state index contributed by atoms with van der Waals surface area (Å²) in [5.74, 6) is -1.31. The molecule has 6 nitrogen and oxygen atoms in total. The first-order valence-electron chi connectivity index (χ1n) is 6.11. The lowest BCUT2D eigenvalue weighted by Crippen LogP contribution is -2.11. The number of anilines is 1. The standard InChI is InChI=1S/C15H10N2O4/c18-14(10-3-6-13-12(7-10)16-8-21-13)17-11-4-1-9(2-5-11)15(19)20/h1-8H,(H,17,18)(H,19,20). The molecule has 0 aliphatic rings. The zero-order valence-electron chi connectivity index (χ0n) is 10.7. The summed E-state index contributed by atoms with van der Waals surface area (Å²) < 4.78 is 5.11. The number of hydrogen-bond acceptors (Lipinski definition) is 4. The molecule has 0 saturated carbocycles. The van der Waals surface area contributed by atoms with Crippen LogP contribution in [0.2, 0.25) is 0 Å². The molecule has 2 aromatic carbocycles. The number of oxazole rings is 1. The topological polar surface area (TPSA) is 92.4 Å². The molecule has 3 aromatic rings. The van der Waals surface area contributed by atoms with E-state index >= 15 is 0 Å². The highest BCUT2D eigenvalue weighted by Crippen LogP contribution is 2.16. The molecule has 0 bridgehead atoms. The molecule has 2 N–H and O–H groups in total. The Kier molecular flexibility index (Phi) is 3.12. The molecule has 21 heavy (non-hydrogen) atoms. The maximum absolute atomic E-state index is 12.1. The normalized spacial score (nSPS) is 10.5. The van der Waals surface area contributed by atoms with Crippen molar-refractivity contribution in [3.05, 3.63) is 60.0 Å². The van der Waals surface area contributed by atoms with Gasteiger partial charge >= 0.3 is 5.97 Å². The highest BCUT2D eigenvalue weighted by molar-refractivity contribution is 6.05. The van der Waals surface area contributed by atoms with Crippen LogP contribution in [0.1, 0.15) is 20.7 Å². The minimum atomic E-state index is -1.01. The second-order valence-electron chi connectivity index (χ2n) is 4.37. The van der Waals surface area contributed by atoms with Crippen LogP contribution in [0.15, 0.2) is 53.3 Å². The Balaban J connectivity index is 1.80. The first-order valence-corrected chi connectivity index (χ1v) is 6.11. The van der Waals surface area contributed by atoms with Crippen LogP contribution in [0.4, 0.5) is 5.69 Å². The number of rotatable bonds is 3. The number of fused-ring (bicyclic) bond motifs is 1. The molecular weight excluding hydrogens is 272 g/mol. The number of nitrogens with zero attached hydrogens (tertiary/aromatic N) is 1. The van der Waals surface area contributed by atoms with Crippen molar-refractivity contribution in [3.8, 4) is 0 Å². The van der Waals surface area contributed by atoms with Gasteiger partial charge in [0.25, 0.3) is 5.91 Å². The van der Waals surface area contributed by atoms with Gasteiger partial charge in [-0.25, -0.2) is 9.78 Å². The van der Waals surface area contributed by atoms with Gasteiger partial charge in [-0.15, -0.1) is 0 Å². The fourth-order valence-corrected chi connectivity index (χ4v) is 1.90. The quantitative estimate of drug-likeness (QED) is 0.770. The van der Waals surface area contributed by atoms with Crippen LogP contribution in [0.5, 0.6) is 0 Å². The van der Waals surface area contributed by atoms with Gasteiger partial charge < -0.3 is 14.8 Å². The van der Waals surface area contributed by atoms with E-state index in [1.54, 1.807) is 18.2 Å². The molecule has 0 saturated heterocycles. The van der Waals surface area contributed by atoms with Gasteiger partial charge in [-0.3, -0.25) is 4.79 Å². The molecule has 1 amide bonds. The second-order valence-corrected chi connectivity index (χ2v) is 4.37.